The fourth-order valence-corrected chi connectivity index (χ4v) is 1.44. The van der Waals surface area contributed by atoms with Crippen LogP contribution < -0.4 is 5.32 Å². The van der Waals surface area contributed by atoms with E-state index in [0.29, 0.717) is 5.69 Å². The highest BCUT2D eigenvalue weighted by molar-refractivity contribution is 6.03. The molecule has 0 unspecified atom stereocenters. The van der Waals surface area contributed by atoms with Crippen molar-refractivity contribution < 1.29 is 4.79 Å². The van der Waals surface area contributed by atoms with Crippen molar-refractivity contribution in [1.82, 2.24) is 9.97 Å². The largest absolute Gasteiger partial charge is 0.338 e. The van der Waals surface area contributed by atoms with Gasteiger partial charge in [-0.05, 0) is 25.5 Å². The third-order valence-electron chi connectivity index (χ3n) is 2.34. The van der Waals surface area contributed by atoms with Gasteiger partial charge in [0.1, 0.15) is 11.5 Å². The summed E-state index contributed by atoms with van der Waals surface area (Å²) in [6, 6.07) is 7.65. The standard InChI is InChI=1S/C12H13N3O/c1-8-5-3-4-6-10(8)15-12(16)11-7-13-9(2)14-11/h3-7H,1-2H3,(H,13,14)(H,15,16). The second kappa shape index (κ2) is 4.18. The lowest BCUT2D eigenvalue weighted by Crippen LogP contribution is -2.13. The molecule has 82 valence electrons. The van der Waals surface area contributed by atoms with Crippen LogP contribution in [0.5, 0.6) is 0 Å². The maximum Gasteiger partial charge on any atom is 0.273 e. The number of amides is 1. The van der Waals surface area contributed by atoms with Gasteiger partial charge in [-0.3, -0.25) is 4.79 Å². The maximum atomic E-state index is 11.8. The summed E-state index contributed by atoms with van der Waals surface area (Å²) in [5.41, 5.74) is 2.33. The number of anilines is 1. The van der Waals surface area contributed by atoms with E-state index in [2.05, 4.69) is 15.3 Å². The molecule has 16 heavy (non-hydrogen) atoms. The van der Waals surface area contributed by atoms with Gasteiger partial charge in [0.25, 0.3) is 5.91 Å². The Morgan fingerprint density at radius 1 is 1.31 bits per heavy atom. The number of H-pyrrole nitrogens is 1. The van der Waals surface area contributed by atoms with Crippen molar-refractivity contribution in [2.75, 3.05) is 5.32 Å². The van der Waals surface area contributed by atoms with Crippen molar-refractivity contribution in [3.8, 4) is 0 Å². The molecule has 1 aromatic carbocycles. The molecule has 0 aliphatic carbocycles. The maximum absolute atomic E-state index is 11.8. The van der Waals surface area contributed by atoms with E-state index in [0.717, 1.165) is 17.1 Å². The third kappa shape index (κ3) is 2.11. The Bertz CT molecular complexity index is 516. The van der Waals surface area contributed by atoms with Gasteiger partial charge in [0.05, 0.1) is 6.20 Å². The summed E-state index contributed by atoms with van der Waals surface area (Å²) in [5.74, 6) is 0.560. The van der Waals surface area contributed by atoms with Crippen molar-refractivity contribution in [2.24, 2.45) is 0 Å². The van der Waals surface area contributed by atoms with Crippen LogP contribution in [-0.2, 0) is 0 Å². The monoisotopic (exact) mass is 215 g/mol. The number of para-hydroxylation sites is 1. The summed E-state index contributed by atoms with van der Waals surface area (Å²) in [6.45, 7) is 3.76. The lowest BCUT2D eigenvalue weighted by atomic mass is 10.2. The molecule has 1 aromatic heterocycles. The Labute approximate surface area is 93.7 Å². The molecule has 0 fully saturated rings. The Morgan fingerprint density at radius 3 is 2.69 bits per heavy atom. The molecule has 0 bridgehead atoms. The first-order valence-corrected chi connectivity index (χ1v) is 5.05. The topological polar surface area (TPSA) is 57.8 Å². The quantitative estimate of drug-likeness (QED) is 0.807. The molecule has 4 heteroatoms. The molecule has 2 rings (SSSR count). The Kier molecular flexibility index (Phi) is 2.72. The van der Waals surface area contributed by atoms with Gasteiger partial charge in [0, 0.05) is 5.69 Å². The van der Waals surface area contributed by atoms with E-state index in [1.807, 2.05) is 38.1 Å². The molecule has 0 aliphatic rings. The molecule has 0 atom stereocenters. The van der Waals surface area contributed by atoms with E-state index in [1.54, 1.807) is 0 Å². The van der Waals surface area contributed by atoms with Crippen molar-refractivity contribution in [3.05, 3.63) is 47.5 Å². The Morgan fingerprint density at radius 2 is 2.06 bits per heavy atom. The molecule has 0 radical (unpaired) electrons. The number of nitrogens with one attached hydrogen (secondary N) is 2. The number of carbonyl (C=O) groups is 1. The molecular weight excluding hydrogens is 202 g/mol. The molecular formula is C12H13N3O. The number of aromatic amines is 1. The predicted octanol–water partition coefficient (Wildman–Crippen LogP) is 2.28. The van der Waals surface area contributed by atoms with Crippen molar-refractivity contribution in [1.29, 1.82) is 0 Å². The zero-order valence-electron chi connectivity index (χ0n) is 9.24. The van der Waals surface area contributed by atoms with Crippen LogP contribution in [0.25, 0.3) is 0 Å². The van der Waals surface area contributed by atoms with Crippen LogP contribution in [0.15, 0.2) is 30.5 Å². The Hall–Kier alpha value is -2.10. The van der Waals surface area contributed by atoms with Crippen LogP contribution in [0.2, 0.25) is 0 Å². The zero-order chi connectivity index (χ0) is 11.5. The molecule has 0 spiro atoms. The summed E-state index contributed by atoms with van der Waals surface area (Å²) in [6.07, 6.45) is 1.53. The highest BCUT2D eigenvalue weighted by Crippen LogP contribution is 2.14. The van der Waals surface area contributed by atoms with Gasteiger partial charge in [-0.15, -0.1) is 0 Å². The van der Waals surface area contributed by atoms with Gasteiger partial charge in [0.15, 0.2) is 0 Å². The molecule has 0 saturated carbocycles. The van der Waals surface area contributed by atoms with Crippen LogP contribution in [-0.4, -0.2) is 15.9 Å². The molecule has 1 heterocycles. The number of nitrogens with zero attached hydrogens (tertiary/aromatic N) is 1. The van der Waals surface area contributed by atoms with E-state index in [4.69, 9.17) is 0 Å². The van der Waals surface area contributed by atoms with E-state index >= 15 is 0 Å². The van der Waals surface area contributed by atoms with Gasteiger partial charge in [0.2, 0.25) is 0 Å². The molecule has 4 nitrogen and oxygen atoms in total. The first kappa shape index (κ1) is 10.4. The molecule has 2 N–H and O–H groups in total. The van der Waals surface area contributed by atoms with Crippen LogP contribution in [0.1, 0.15) is 21.9 Å². The number of hydrogen-bond donors (Lipinski definition) is 2. The number of carbonyl (C=O) groups excluding carboxylic acids is 1. The van der Waals surface area contributed by atoms with E-state index in [-0.39, 0.29) is 5.91 Å². The number of rotatable bonds is 2. The average Bonchev–Trinajstić information content (AvgIpc) is 2.68. The lowest BCUT2D eigenvalue weighted by molar-refractivity contribution is 0.102. The summed E-state index contributed by atoms with van der Waals surface area (Å²) < 4.78 is 0. The molecule has 1 amide bonds. The van der Waals surface area contributed by atoms with Gasteiger partial charge >= 0.3 is 0 Å². The number of imidazole rings is 1. The second-order valence-corrected chi connectivity index (χ2v) is 3.65. The summed E-state index contributed by atoms with van der Waals surface area (Å²) in [4.78, 5) is 18.7. The van der Waals surface area contributed by atoms with Gasteiger partial charge in [-0.25, -0.2) is 4.98 Å². The van der Waals surface area contributed by atoms with Crippen LogP contribution in [0, 0.1) is 13.8 Å². The van der Waals surface area contributed by atoms with Crippen molar-refractivity contribution in [3.63, 3.8) is 0 Å². The van der Waals surface area contributed by atoms with Crippen LogP contribution in [0.4, 0.5) is 5.69 Å². The normalized spacial score (nSPS) is 10.1. The third-order valence-corrected chi connectivity index (χ3v) is 2.34. The van der Waals surface area contributed by atoms with Crippen molar-refractivity contribution >= 4 is 11.6 Å². The smallest absolute Gasteiger partial charge is 0.273 e. The highest BCUT2D eigenvalue weighted by atomic mass is 16.1. The summed E-state index contributed by atoms with van der Waals surface area (Å²) in [5, 5.41) is 2.83. The number of hydrogen-bond acceptors (Lipinski definition) is 2. The molecule has 2 aromatic rings. The number of aryl methyl sites for hydroxylation is 2. The van der Waals surface area contributed by atoms with Gasteiger partial charge in [-0.2, -0.15) is 0 Å². The van der Waals surface area contributed by atoms with Gasteiger partial charge < -0.3 is 10.3 Å². The first-order valence-electron chi connectivity index (χ1n) is 5.05. The fourth-order valence-electron chi connectivity index (χ4n) is 1.44. The predicted molar refractivity (Wildman–Crippen MR) is 62.5 cm³/mol. The van der Waals surface area contributed by atoms with Gasteiger partial charge in [-0.1, -0.05) is 18.2 Å². The highest BCUT2D eigenvalue weighted by Gasteiger charge is 2.09. The SMILES string of the molecule is Cc1ncc(C(=O)Nc2ccccc2C)[nH]1. The fraction of sp³-hybridized carbons (Fsp3) is 0.167. The van der Waals surface area contributed by atoms with E-state index in [1.165, 1.54) is 6.20 Å². The lowest BCUT2D eigenvalue weighted by Gasteiger charge is -2.06. The number of benzene rings is 1. The first-order chi connectivity index (χ1) is 7.66. The summed E-state index contributed by atoms with van der Waals surface area (Å²) in [7, 11) is 0. The van der Waals surface area contributed by atoms with E-state index < -0.39 is 0 Å². The minimum Gasteiger partial charge on any atom is -0.338 e. The second-order valence-electron chi connectivity index (χ2n) is 3.65. The Balaban J connectivity index is 2.17. The minimum absolute atomic E-state index is 0.171. The molecule has 0 saturated heterocycles. The van der Waals surface area contributed by atoms with E-state index in [9.17, 15) is 4.79 Å². The summed E-state index contributed by atoms with van der Waals surface area (Å²) >= 11 is 0. The minimum atomic E-state index is -0.171. The number of aromatic nitrogens is 2. The molecule has 0 aliphatic heterocycles. The van der Waals surface area contributed by atoms with Crippen molar-refractivity contribution in [2.45, 2.75) is 13.8 Å². The van der Waals surface area contributed by atoms with Crippen LogP contribution in [0.3, 0.4) is 0 Å². The van der Waals surface area contributed by atoms with Crippen LogP contribution >= 0.6 is 0 Å². The zero-order valence-corrected chi connectivity index (χ0v) is 9.24. The average molecular weight is 215 g/mol.